The predicted octanol–water partition coefficient (Wildman–Crippen LogP) is 0.980. The summed E-state index contributed by atoms with van der Waals surface area (Å²) in [6.07, 6.45) is -0.869. The second-order valence-corrected chi connectivity index (χ2v) is 4.59. The van der Waals surface area contributed by atoms with E-state index in [0.29, 0.717) is 5.56 Å². The number of benzene rings is 1. The Morgan fingerprint density at radius 1 is 1.30 bits per heavy atom. The molecule has 110 valence electrons. The Morgan fingerprint density at radius 3 is 2.35 bits per heavy atom. The van der Waals surface area contributed by atoms with E-state index in [2.05, 4.69) is 5.32 Å². The van der Waals surface area contributed by atoms with Crippen molar-refractivity contribution in [2.24, 2.45) is 0 Å². The minimum Gasteiger partial charge on any atom is -0.479 e. The molecule has 2 atom stereocenters. The number of hydrogen-bond acceptors (Lipinski definition) is 4. The molecule has 1 aromatic carbocycles. The summed E-state index contributed by atoms with van der Waals surface area (Å²) in [5, 5.41) is 11.7. The van der Waals surface area contributed by atoms with Crippen LogP contribution in [0.2, 0.25) is 0 Å². The number of methoxy groups -OCH3 is 2. The zero-order valence-electron chi connectivity index (χ0n) is 11.8. The van der Waals surface area contributed by atoms with Crippen molar-refractivity contribution in [3.05, 3.63) is 35.9 Å². The fraction of sp³-hybridized carbons (Fsp3) is 0.429. The smallest absolute Gasteiger partial charge is 0.331 e. The fourth-order valence-corrected chi connectivity index (χ4v) is 1.80. The molecule has 0 saturated heterocycles. The summed E-state index contributed by atoms with van der Waals surface area (Å²) in [6.45, 7) is 1.24. The van der Waals surface area contributed by atoms with Gasteiger partial charge in [0.1, 0.15) is 0 Å². The standard InChI is InChI=1S/C14H19NO5/c1-14(9-19-2,13(17)18)15-12(16)11(20-3)10-7-5-4-6-8-10/h4-8,11H,9H2,1-3H3,(H,15,16)(H,17,18). The Kier molecular flexibility index (Phi) is 5.66. The summed E-state index contributed by atoms with van der Waals surface area (Å²) in [5.74, 6) is -1.70. The van der Waals surface area contributed by atoms with Gasteiger partial charge in [-0.3, -0.25) is 4.79 Å². The zero-order chi connectivity index (χ0) is 15.2. The maximum absolute atomic E-state index is 12.2. The van der Waals surface area contributed by atoms with Crippen LogP contribution in [0, 0.1) is 0 Å². The van der Waals surface area contributed by atoms with E-state index in [4.69, 9.17) is 9.47 Å². The summed E-state index contributed by atoms with van der Waals surface area (Å²) in [6, 6.07) is 8.85. The third-order valence-electron chi connectivity index (χ3n) is 2.88. The molecule has 0 aliphatic rings. The van der Waals surface area contributed by atoms with Gasteiger partial charge in [-0.25, -0.2) is 4.79 Å². The Hall–Kier alpha value is -1.92. The number of hydrogen-bond donors (Lipinski definition) is 2. The van der Waals surface area contributed by atoms with E-state index in [1.807, 2.05) is 6.07 Å². The summed E-state index contributed by atoms with van der Waals surface area (Å²) >= 11 is 0. The Morgan fingerprint density at radius 2 is 1.90 bits per heavy atom. The third kappa shape index (κ3) is 3.79. The van der Waals surface area contributed by atoms with E-state index in [1.54, 1.807) is 24.3 Å². The highest BCUT2D eigenvalue weighted by molar-refractivity contribution is 5.89. The Bertz CT molecular complexity index is 462. The lowest BCUT2D eigenvalue weighted by molar-refractivity contribution is -0.151. The maximum atomic E-state index is 12.2. The molecular weight excluding hydrogens is 262 g/mol. The quantitative estimate of drug-likeness (QED) is 0.778. The number of nitrogens with one attached hydrogen (secondary N) is 1. The van der Waals surface area contributed by atoms with Crippen LogP contribution in [-0.2, 0) is 19.1 Å². The molecule has 0 saturated carbocycles. The summed E-state index contributed by atoms with van der Waals surface area (Å²) < 4.78 is 10.0. The van der Waals surface area contributed by atoms with Crippen LogP contribution in [0.25, 0.3) is 0 Å². The SMILES string of the molecule is COCC(C)(NC(=O)C(OC)c1ccccc1)C(=O)O. The summed E-state index contributed by atoms with van der Waals surface area (Å²) in [5.41, 5.74) is -0.852. The molecule has 2 unspecified atom stereocenters. The van der Waals surface area contributed by atoms with Crippen LogP contribution in [0.1, 0.15) is 18.6 Å². The van der Waals surface area contributed by atoms with Crippen LogP contribution in [0.15, 0.2) is 30.3 Å². The third-order valence-corrected chi connectivity index (χ3v) is 2.88. The number of amides is 1. The molecule has 0 radical (unpaired) electrons. The number of carbonyl (C=O) groups is 2. The molecule has 0 aliphatic carbocycles. The highest BCUT2D eigenvalue weighted by Gasteiger charge is 2.37. The zero-order valence-corrected chi connectivity index (χ0v) is 11.8. The van der Waals surface area contributed by atoms with Gasteiger partial charge in [0.15, 0.2) is 11.6 Å². The molecule has 1 amide bonds. The van der Waals surface area contributed by atoms with E-state index in [0.717, 1.165) is 0 Å². The van der Waals surface area contributed by atoms with E-state index >= 15 is 0 Å². The van der Waals surface area contributed by atoms with Crippen LogP contribution >= 0.6 is 0 Å². The largest absolute Gasteiger partial charge is 0.479 e. The van der Waals surface area contributed by atoms with Crippen molar-refractivity contribution in [3.63, 3.8) is 0 Å². The van der Waals surface area contributed by atoms with Gasteiger partial charge in [-0.2, -0.15) is 0 Å². The van der Waals surface area contributed by atoms with Gasteiger partial charge in [0, 0.05) is 14.2 Å². The number of carbonyl (C=O) groups excluding carboxylic acids is 1. The van der Waals surface area contributed by atoms with Gasteiger partial charge in [0.05, 0.1) is 6.61 Å². The van der Waals surface area contributed by atoms with E-state index in [1.165, 1.54) is 21.1 Å². The molecular formula is C14H19NO5. The summed E-state index contributed by atoms with van der Waals surface area (Å²) in [4.78, 5) is 23.5. The van der Waals surface area contributed by atoms with Gasteiger partial charge >= 0.3 is 5.97 Å². The summed E-state index contributed by atoms with van der Waals surface area (Å²) in [7, 11) is 2.77. The first kappa shape index (κ1) is 16.1. The van der Waals surface area contributed by atoms with Crippen LogP contribution in [0.5, 0.6) is 0 Å². The van der Waals surface area contributed by atoms with Crippen molar-refractivity contribution in [2.75, 3.05) is 20.8 Å². The van der Waals surface area contributed by atoms with Gasteiger partial charge < -0.3 is 19.9 Å². The number of rotatable bonds is 7. The first-order valence-electron chi connectivity index (χ1n) is 6.06. The van der Waals surface area contributed by atoms with Crippen molar-refractivity contribution in [2.45, 2.75) is 18.6 Å². The molecule has 1 rings (SSSR count). The molecule has 0 bridgehead atoms. The molecule has 0 spiro atoms. The van der Waals surface area contributed by atoms with E-state index in [-0.39, 0.29) is 6.61 Å². The van der Waals surface area contributed by atoms with Gasteiger partial charge in [-0.15, -0.1) is 0 Å². The molecule has 6 nitrogen and oxygen atoms in total. The Balaban J connectivity index is 2.90. The van der Waals surface area contributed by atoms with Gasteiger partial charge in [-0.05, 0) is 12.5 Å². The van der Waals surface area contributed by atoms with Crippen molar-refractivity contribution in [3.8, 4) is 0 Å². The van der Waals surface area contributed by atoms with Crippen molar-refractivity contribution >= 4 is 11.9 Å². The lowest BCUT2D eigenvalue weighted by atomic mass is 10.0. The van der Waals surface area contributed by atoms with Gasteiger partial charge in [0.25, 0.3) is 5.91 Å². The molecule has 0 fully saturated rings. The highest BCUT2D eigenvalue weighted by atomic mass is 16.5. The Labute approximate surface area is 117 Å². The monoisotopic (exact) mass is 281 g/mol. The van der Waals surface area contributed by atoms with Crippen LogP contribution in [0.3, 0.4) is 0 Å². The molecule has 6 heteroatoms. The van der Waals surface area contributed by atoms with Gasteiger partial charge in [-0.1, -0.05) is 30.3 Å². The average Bonchev–Trinajstić information content (AvgIpc) is 2.40. The second kappa shape index (κ2) is 7.02. The molecule has 1 aromatic rings. The number of carboxylic acids is 1. The molecule has 0 aromatic heterocycles. The van der Waals surface area contributed by atoms with Crippen molar-refractivity contribution in [1.29, 1.82) is 0 Å². The molecule has 0 heterocycles. The lowest BCUT2D eigenvalue weighted by Crippen LogP contribution is -2.56. The van der Waals surface area contributed by atoms with Crippen molar-refractivity contribution < 1.29 is 24.2 Å². The normalized spacial score (nSPS) is 15.2. The van der Waals surface area contributed by atoms with Crippen LogP contribution in [0.4, 0.5) is 0 Å². The lowest BCUT2D eigenvalue weighted by Gasteiger charge is -2.27. The van der Waals surface area contributed by atoms with Crippen LogP contribution in [-0.4, -0.2) is 43.3 Å². The number of ether oxygens (including phenoxy) is 2. The molecule has 20 heavy (non-hydrogen) atoms. The first-order valence-corrected chi connectivity index (χ1v) is 6.06. The minimum absolute atomic E-state index is 0.140. The first-order chi connectivity index (χ1) is 9.44. The van der Waals surface area contributed by atoms with E-state index < -0.39 is 23.5 Å². The predicted molar refractivity (Wildman–Crippen MR) is 72.3 cm³/mol. The van der Waals surface area contributed by atoms with Crippen LogP contribution < -0.4 is 5.32 Å². The number of carboxylic acid groups (broad SMARTS) is 1. The fourth-order valence-electron chi connectivity index (χ4n) is 1.80. The number of aliphatic carboxylic acids is 1. The minimum atomic E-state index is -1.50. The van der Waals surface area contributed by atoms with E-state index in [9.17, 15) is 14.7 Å². The topological polar surface area (TPSA) is 84.9 Å². The van der Waals surface area contributed by atoms with Crippen molar-refractivity contribution in [1.82, 2.24) is 5.32 Å². The molecule has 0 aliphatic heterocycles. The highest BCUT2D eigenvalue weighted by Crippen LogP contribution is 2.18. The van der Waals surface area contributed by atoms with Gasteiger partial charge in [0.2, 0.25) is 0 Å². The second-order valence-electron chi connectivity index (χ2n) is 4.59. The molecule has 2 N–H and O–H groups in total. The average molecular weight is 281 g/mol. The maximum Gasteiger partial charge on any atom is 0.331 e.